The zero-order valence-electron chi connectivity index (χ0n) is 14.3. The molecule has 1 aliphatic carbocycles. The van der Waals surface area contributed by atoms with Gasteiger partial charge in [-0.25, -0.2) is 4.52 Å². The van der Waals surface area contributed by atoms with E-state index in [2.05, 4.69) is 36.5 Å². The van der Waals surface area contributed by atoms with Crippen LogP contribution < -0.4 is 4.90 Å². The minimum absolute atomic E-state index is 0.810. The Morgan fingerprint density at radius 1 is 1.08 bits per heavy atom. The van der Waals surface area contributed by atoms with E-state index in [1.54, 1.807) is 26.8 Å². The van der Waals surface area contributed by atoms with Crippen LogP contribution in [0.4, 0.5) is 5.69 Å². The predicted octanol–water partition coefficient (Wildman–Crippen LogP) is 2.39. The zero-order valence-corrected chi connectivity index (χ0v) is 15.1. The molecule has 0 spiro atoms. The highest BCUT2D eigenvalue weighted by Gasteiger charge is 2.21. The van der Waals surface area contributed by atoms with Crippen LogP contribution in [0, 0.1) is 0 Å². The molecule has 1 aliphatic heterocycles. The first-order valence-electron chi connectivity index (χ1n) is 9.08. The molecule has 25 heavy (non-hydrogen) atoms. The Morgan fingerprint density at radius 3 is 2.88 bits per heavy atom. The van der Waals surface area contributed by atoms with Crippen molar-refractivity contribution >= 4 is 22.7 Å². The van der Waals surface area contributed by atoms with E-state index in [-0.39, 0.29) is 0 Å². The molecule has 5 rings (SSSR count). The van der Waals surface area contributed by atoms with Crippen molar-refractivity contribution in [1.29, 1.82) is 0 Å². The first-order valence-corrected chi connectivity index (χ1v) is 9.96. The summed E-state index contributed by atoms with van der Waals surface area (Å²) < 4.78 is 1.71. The summed E-state index contributed by atoms with van der Waals surface area (Å²) in [5, 5.41) is 14.8. The Balaban J connectivity index is 1.24. The first kappa shape index (κ1) is 15.3. The molecule has 1 fully saturated rings. The Morgan fingerprint density at radius 2 is 1.96 bits per heavy atom. The molecular formula is C18H22N6S. The van der Waals surface area contributed by atoms with Gasteiger partial charge in [0, 0.05) is 43.7 Å². The number of thiophene rings is 1. The Bertz CT molecular complexity index is 877. The minimum Gasteiger partial charge on any atom is -0.368 e. The number of nitrogens with zero attached hydrogens (tertiary/aromatic N) is 6. The maximum Gasteiger partial charge on any atom is 0.179 e. The largest absolute Gasteiger partial charge is 0.368 e. The number of fused-ring (bicyclic) bond motifs is 2. The maximum atomic E-state index is 4.38. The molecule has 7 heteroatoms. The molecule has 0 N–H and O–H groups in total. The molecule has 0 amide bonds. The van der Waals surface area contributed by atoms with Crippen LogP contribution >= 0.6 is 11.3 Å². The van der Waals surface area contributed by atoms with E-state index in [0.717, 1.165) is 44.1 Å². The van der Waals surface area contributed by atoms with Crippen molar-refractivity contribution in [3.8, 4) is 0 Å². The molecule has 4 heterocycles. The summed E-state index contributed by atoms with van der Waals surface area (Å²) in [6.45, 7) is 5.39. The van der Waals surface area contributed by atoms with Gasteiger partial charge in [-0.2, -0.15) is 5.10 Å². The fourth-order valence-corrected chi connectivity index (χ4v) is 5.12. The van der Waals surface area contributed by atoms with Gasteiger partial charge in [-0.1, -0.05) is 0 Å². The van der Waals surface area contributed by atoms with Gasteiger partial charge in [0.1, 0.15) is 6.33 Å². The summed E-state index contributed by atoms with van der Waals surface area (Å²) in [5.41, 5.74) is 5.21. The van der Waals surface area contributed by atoms with Gasteiger partial charge in [0.05, 0.1) is 11.9 Å². The van der Waals surface area contributed by atoms with E-state index in [0.29, 0.717) is 0 Å². The van der Waals surface area contributed by atoms with Gasteiger partial charge in [0.2, 0.25) is 0 Å². The number of hydrogen-bond donors (Lipinski definition) is 0. The SMILES string of the molecule is c1nn2cnnc2cc1N1CCN(Cc2csc3c2CCCC3)CC1. The van der Waals surface area contributed by atoms with E-state index in [1.807, 2.05) is 17.5 Å². The minimum atomic E-state index is 0.810. The molecule has 0 bridgehead atoms. The lowest BCUT2D eigenvalue weighted by atomic mass is 9.95. The Labute approximate surface area is 151 Å². The molecule has 1 saturated heterocycles. The van der Waals surface area contributed by atoms with Crippen LogP contribution in [0.15, 0.2) is 24.0 Å². The van der Waals surface area contributed by atoms with Crippen LogP contribution in [0.1, 0.15) is 28.8 Å². The van der Waals surface area contributed by atoms with Crippen molar-refractivity contribution in [2.24, 2.45) is 0 Å². The van der Waals surface area contributed by atoms with Gasteiger partial charge >= 0.3 is 0 Å². The van der Waals surface area contributed by atoms with E-state index < -0.39 is 0 Å². The summed E-state index contributed by atoms with van der Waals surface area (Å²) in [7, 11) is 0. The number of piperazine rings is 1. The van der Waals surface area contributed by atoms with Gasteiger partial charge in [-0.05, 0) is 42.2 Å². The normalized spacial score (nSPS) is 18.6. The summed E-state index contributed by atoms with van der Waals surface area (Å²) in [5.74, 6) is 0. The molecule has 0 unspecified atom stereocenters. The fourth-order valence-electron chi connectivity index (χ4n) is 3.99. The summed E-state index contributed by atoms with van der Waals surface area (Å²) in [4.78, 5) is 6.64. The van der Waals surface area contributed by atoms with Gasteiger partial charge in [-0.3, -0.25) is 4.90 Å². The lowest BCUT2D eigenvalue weighted by Crippen LogP contribution is -2.46. The topological polar surface area (TPSA) is 49.6 Å². The molecule has 6 nitrogen and oxygen atoms in total. The second-order valence-corrected chi connectivity index (χ2v) is 7.94. The smallest absolute Gasteiger partial charge is 0.179 e. The van der Waals surface area contributed by atoms with Crippen LogP contribution in [-0.4, -0.2) is 50.9 Å². The third-order valence-corrected chi connectivity index (χ3v) is 6.56. The molecule has 3 aromatic heterocycles. The van der Waals surface area contributed by atoms with Gasteiger partial charge in [-0.15, -0.1) is 21.5 Å². The van der Waals surface area contributed by atoms with Crippen LogP contribution in [0.3, 0.4) is 0 Å². The summed E-state index contributed by atoms with van der Waals surface area (Å²) >= 11 is 1.98. The highest BCUT2D eigenvalue weighted by molar-refractivity contribution is 7.10. The quantitative estimate of drug-likeness (QED) is 0.723. The number of rotatable bonds is 3. The Hall–Kier alpha value is -1.99. The lowest BCUT2D eigenvalue weighted by Gasteiger charge is -2.36. The monoisotopic (exact) mass is 354 g/mol. The maximum absolute atomic E-state index is 4.38. The molecule has 0 saturated carbocycles. The van der Waals surface area contributed by atoms with Gasteiger partial charge in [0.25, 0.3) is 0 Å². The summed E-state index contributed by atoms with van der Waals surface area (Å²) in [6.07, 6.45) is 8.88. The van der Waals surface area contributed by atoms with E-state index in [1.165, 1.54) is 25.7 Å². The second-order valence-electron chi connectivity index (χ2n) is 6.98. The van der Waals surface area contributed by atoms with Crippen LogP contribution in [-0.2, 0) is 19.4 Å². The number of aryl methyl sites for hydroxylation is 1. The van der Waals surface area contributed by atoms with Crippen molar-refractivity contribution in [2.45, 2.75) is 32.2 Å². The lowest BCUT2D eigenvalue weighted by molar-refractivity contribution is 0.249. The molecule has 0 atom stereocenters. The average Bonchev–Trinajstić information content (AvgIpc) is 3.29. The number of aromatic nitrogens is 4. The standard InChI is InChI=1S/C18H22N6S/c1-2-4-17-16(3-1)14(12-25-17)11-22-5-7-23(8-6-22)15-9-18-21-19-13-24(18)20-10-15/h9-10,12-13H,1-8,11H2. The van der Waals surface area contributed by atoms with E-state index >= 15 is 0 Å². The van der Waals surface area contributed by atoms with Crippen molar-refractivity contribution in [1.82, 2.24) is 24.7 Å². The molecule has 130 valence electrons. The van der Waals surface area contributed by atoms with Crippen LogP contribution in [0.5, 0.6) is 0 Å². The van der Waals surface area contributed by atoms with Crippen LogP contribution in [0.25, 0.3) is 5.65 Å². The van der Waals surface area contributed by atoms with Crippen molar-refractivity contribution in [3.05, 3.63) is 40.0 Å². The highest BCUT2D eigenvalue weighted by atomic mass is 32.1. The van der Waals surface area contributed by atoms with Crippen molar-refractivity contribution in [2.75, 3.05) is 31.1 Å². The zero-order chi connectivity index (χ0) is 16.6. The van der Waals surface area contributed by atoms with Gasteiger partial charge in [0.15, 0.2) is 5.65 Å². The second kappa shape index (κ2) is 6.38. The van der Waals surface area contributed by atoms with E-state index in [9.17, 15) is 0 Å². The number of hydrogen-bond acceptors (Lipinski definition) is 6. The molecule has 0 aromatic carbocycles. The first-order chi connectivity index (χ1) is 12.4. The van der Waals surface area contributed by atoms with E-state index in [4.69, 9.17) is 0 Å². The average molecular weight is 354 g/mol. The van der Waals surface area contributed by atoms with Gasteiger partial charge < -0.3 is 4.90 Å². The third kappa shape index (κ3) is 2.91. The highest BCUT2D eigenvalue weighted by Crippen LogP contribution is 2.31. The van der Waals surface area contributed by atoms with Crippen molar-refractivity contribution in [3.63, 3.8) is 0 Å². The molecule has 2 aliphatic rings. The number of anilines is 1. The molecular weight excluding hydrogens is 332 g/mol. The molecule has 0 radical (unpaired) electrons. The Kier molecular flexibility index (Phi) is 3.90. The third-order valence-electron chi connectivity index (χ3n) is 5.43. The summed E-state index contributed by atoms with van der Waals surface area (Å²) in [6, 6.07) is 2.07. The fraction of sp³-hybridized carbons (Fsp3) is 0.500. The van der Waals surface area contributed by atoms with Crippen LogP contribution in [0.2, 0.25) is 0 Å². The predicted molar refractivity (Wildman–Crippen MR) is 99.2 cm³/mol. The van der Waals surface area contributed by atoms with Crippen molar-refractivity contribution < 1.29 is 0 Å². The molecule has 3 aromatic rings.